The van der Waals surface area contributed by atoms with Crippen molar-refractivity contribution in [2.24, 2.45) is 0 Å². The summed E-state index contributed by atoms with van der Waals surface area (Å²) < 4.78 is 39.5. The van der Waals surface area contributed by atoms with Crippen molar-refractivity contribution in [2.45, 2.75) is 31.2 Å². The van der Waals surface area contributed by atoms with E-state index in [4.69, 9.17) is 0 Å². The van der Waals surface area contributed by atoms with E-state index in [1.54, 1.807) is 12.1 Å². The summed E-state index contributed by atoms with van der Waals surface area (Å²) in [5, 5.41) is 2.49. The van der Waals surface area contributed by atoms with E-state index in [1.165, 1.54) is 29.2 Å². The standard InChI is InChI=1S/C25H25F3NP/c26-25(27,28)21-16-14-20(15-17-21)24(29-18-8-3-9-19-29)30(22-10-4-1-5-11-22)23-12-6-2-7-13-23/h1-2,4-7,10-17,24H,3,8-9,18-19H2. The zero-order valence-corrected chi connectivity index (χ0v) is 17.6. The zero-order chi connectivity index (χ0) is 21.0. The van der Waals surface area contributed by atoms with E-state index in [0.717, 1.165) is 31.5 Å². The lowest BCUT2D eigenvalue weighted by molar-refractivity contribution is -0.137. The fraction of sp³-hybridized carbons (Fsp3) is 0.280. The molecule has 0 radical (unpaired) electrons. The van der Waals surface area contributed by atoms with Gasteiger partial charge in [0.05, 0.1) is 11.3 Å². The summed E-state index contributed by atoms with van der Waals surface area (Å²) in [5.74, 6) is 0.0485. The van der Waals surface area contributed by atoms with E-state index in [1.807, 2.05) is 36.4 Å². The maximum absolute atomic E-state index is 13.2. The lowest BCUT2D eigenvalue weighted by Crippen LogP contribution is -2.36. The summed E-state index contributed by atoms with van der Waals surface area (Å²) in [6.07, 6.45) is -0.846. The number of benzene rings is 3. The molecule has 1 atom stereocenters. The first kappa shape index (κ1) is 21.1. The summed E-state index contributed by atoms with van der Waals surface area (Å²) in [7, 11) is -0.807. The summed E-state index contributed by atoms with van der Waals surface area (Å²) >= 11 is 0. The van der Waals surface area contributed by atoms with Crippen molar-refractivity contribution in [3.05, 3.63) is 96.1 Å². The highest BCUT2D eigenvalue weighted by Crippen LogP contribution is 2.52. The summed E-state index contributed by atoms with van der Waals surface area (Å²) in [5.41, 5.74) is 0.371. The molecule has 0 aromatic heterocycles. The third-order valence-electron chi connectivity index (χ3n) is 5.59. The van der Waals surface area contributed by atoms with Crippen molar-refractivity contribution < 1.29 is 13.2 Å². The normalized spacial score (nSPS) is 16.5. The van der Waals surface area contributed by atoms with Crippen molar-refractivity contribution in [3.8, 4) is 0 Å². The quantitative estimate of drug-likeness (QED) is 0.431. The molecular formula is C25H25F3NP. The Balaban J connectivity index is 1.82. The van der Waals surface area contributed by atoms with Gasteiger partial charge in [-0.1, -0.05) is 79.2 Å². The summed E-state index contributed by atoms with van der Waals surface area (Å²) in [6, 6.07) is 26.7. The molecule has 1 heterocycles. The van der Waals surface area contributed by atoms with Crippen LogP contribution in [-0.2, 0) is 6.18 Å². The van der Waals surface area contributed by atoms with Crippen molar-refractivity contribution in [3.63, 3.8) is 0 Å². The molecule has 1 saturated heterocycles. The molecule has 0 spiro atoms. The molecule has 1 aliphatic rings. The van der Waals surface area contributed by atoms with E-state index >= 15 is 0 Å². The average Bonchev–Trinajstić information content (AvgIpc) is 2.79. The summed E-state index contributed by atoms with van der Waals surface area (Å²) in [4.78, 5) is 2.48. The van der Waals surface area contributed by atoms with Crippen LogP contribution in [0.4, 0.5) is 13.2 Å². The number of hydrogen-bond acceptors (Lipinski definition) is 1. The van der Waals surface area contributed by atoms with Crippen LogP contribution in [0.2, 0.25) is 0 Å². The number of piperidine rings is 1. The molecule has 3 aromatic carbocycles. The highest BCUT2D eigenvalue weighted by Gasteiger charge is 2.34. The Morgan fingerprint density at radius 2 is 1.17 bits per heavy atom. The molecule has 0 aliphatic carbocycles. The van der Waals surface area contributed by atoms with Crippen molar-refractivity contribution >= 4 is 18.5 Å². The van der Waals surface area contributed by atoms with Gasteiger partial charge in [0.25, 0.3) is 0 Å². The van der Waals surface area contributed by atoms with Gasteiger partial charge in [-0.2, -0.15) is 13.2 Å². The Labute approximate surface area is 177 Å². The number of halogens is 3. The van der Waals surface area contributed by atoms with Crippen LogP contribution in [0.15, 0.2) is 84.9 Å². The maximum atomic E-state index is 13.2. The molecule has 5 heteroatoms. The largest absolute Gasteiger partial charge is 0.416 e. The van der Waals surface area contributed by atoms with Gasteiger partial charge < -0.3 is 0 Å². The second-order valence-electron chi connectivity index (χ2n) is 7.63. The minimum absolute atomic E-state index is 0.0485. The molecule has 0 bridgehead atoms. The van der Waals surface area contributed by atoms with E-state index in [9.17, 15) is 13.2 Å². The predicted octanol–water partition coefficient (Wildman–Crippen LogP) is 6.32. The molecule has 30 heavy (non-hydrogen) atoms. The Bertz CT molecular complexity index is 881. The van der Waals surface area contributed by atoms with Crippen LogP contribution in [0.3, 0.4) is 0 Å². The van der Waals surface area contributed by atoms with Crippen molar-refractivity contribution in [1.82, 2.24) is 4.90 Å². The molecule has 4 rings (SSSR count). The highest BCUT2D eigenvalue weighted by atomic mass is 31.1. The number of rotatable bonds is 5. The minimum Gasteiger partial charge on any atom is -0.292 e. The average molecular weight is 427 g/mol. The minimum atomic E-state index is -4.32. The third kappa shape index (κ3) is 4.77. The van der Waals surface area contributed by atoms with E-state index in [-0.39, 0.29) is 5.78 Å². The van der Waals surface area contributed by atoms with Gasteiger partial charge >= 0.3 is 6.18 Å². The van der Waals surface area contributed by atoms with Gasteiger partial charge in [0, 0.05) is 0 Å². The van der Waals surface area contributed by atoms with Gasteiger partial charge in [0.2, 0.25) is 0 Å². The second-order valence-corrected chi connectivity index (χ2v) is 9.89. The van der Waals surface area contributed by atoms with E-state index in [2.05, 4.69) is 29.2 Å². The molecular weight excluding hydrogens is 402 g/mol. The zero-order valence-electron chi connectivity index (χ0n) is 16.7. The molecule has 3 aromatic rings. The van der Waals surface area contributed by atoms with Gasteiger partial charge in [-0.3, -0.25) is 4.90 Å². The van der Waals surface area contributed by atoms with Gasteiger partial charge in [0.1, 0.15) is 0 Å². The third-order valence-corrected chi connectivity index (χ3v) is 8.41. The maximum Gasteiger partial charge on any atom is 0.416 e. The Kier molecular flexibility index (Phi) is 6.55. The molecule has 0 amide bonds. The summed E-state index contributed by atoms with van der Waals surface area (Å²) in [6.45, 7) is 1.95. The molecule has 0 saturated carbocycles. The monoisotopic (exact) mass is 427 g/mol. The molecule has 156 valence electrons. The van der Waals surface area contributed by atoms with Crippen LogP contribution in [-0.4, -0.2) is 18.0 Å². The number of alkyl halides is 3. The molecule has 1 aliphatic heterocycles. The number of hydrogen-bond donors (Lipinski definition) is 0. The Morgan fingerprint density at radius 1 is 0.667 bits per heavy atom. The SMILES string of the molecule is FC(F)(F)c1ccc(C(N2CCCCC2)P(c2ccccc2)c2ccccc2)cc1. The molecule has 1 fully saturated rings. The van der Waals surface area contributed by atoms with Crippen LogP contribution < -0.4 is 10.6 Å². The fourth-order valence-electron chi connectivity index (χ4n) is 4.14. The molecule has 0 N–H and O–H groups in total. The van der Waals surface area contributed by atoms with Crippen LogP contribution in [0.25, 0.3) is 0 Å². The number of likely N-dealkylation sites (tertiary alicyclic amines) is 1. The van der Waals surface area contributed by atoms with Gasteiger partial charge in [-0.05, 0) is 62.2 Å². The Morgan fingerprint density at radius 3 is 1.63 bits per heavy atom. The second kappa shape index (κ2) is 9.32. The topological polar surface area (TPSA) is 3.24 Å². The first-order chi connectivity index (χ1) is 14.5. The predicted molar refractivity (Wildman–Crippen MR) is 119 cm³/mol. The fourth-order valence-corrected chi connectivity index (χ4v) is 7.02. The Hall–Kier alpha value is -2.16. The van der Waals surface area contributed by atoms with Gasteiger partial charge in [-0.25, -0.2) is 0 Å². The van der Waals surface area contributed by atoms with Crippen molar-refractivity contribution in [2.75, 3.05) is 13.1 Å². The van der Waals surface area contributed by atoms with Gasteiger partial charge in [-0.15, -0.1) is 0 Å². The smallest absolute Gasteiger partial charge is 0.292 e. The van der Waals surface area contributed by atoms with Crippen LogP contribution in [0.5, 0.6) is 0 Å². The first-order valence-corrected chi connectivity index (χ1v) is 11.8. The lowest BCUT2D eigenvalue weighted by atomic mass is 10.1. The molecule has 1 unspecified atom stereocenters. The van der Waals surface area contributed by atoms with Gasteiger partial charge in [0.15, 0.2) is 0 Å². The number of nitrogens with zero attached hydrogens (tertiary/aromatic N) is 1. The lowest BCUT2D eigenvalue weighted by Gasteiger charge is -2.40. The molecule has 1 nitrogen and oxygen atoms in total. The first-order valence-electron chi connectivity index (χ1n) is 10.3. The van der Waals surface area contributed by atoms with Crippen LogP contribution in [0, 0.1) is 0 Å². The van der Waals surface area contributed by atoms with Crippen LogP contribution in [0.1, 0.15) is 36.2 Å². The highest BCUT2D eigenvalue weighted by molar-refractivity contribution is 7.73. The van der Waals surface area contributed by atoms with E-state index < -0.39 is 19.7 Å². The van der Waals surface area contributed by atoms with Crippen molar-refractivity contribution in [1.29, 1.82) is 0 Å². The van der Waals surface area contributed by atoms with Crippen LogP contribution >= 0.6 is 7.92 Å². The van der Waals surface area contributed by atoms with E-state index in [0.29, 0.717) is 0 Å².